The lowest BCUT2D eigenvalue weighted by Crippen LogP contribution is -2.33. The zero-order chi connectivity index (χ0) is 20.3. The number of aromatic nitrogens is 6. The van der Waals surface area contributed by atoms with Gasteiger partial charge in [0.1, 0.15) is 12.0 Å². The number of anilines is 1. The van der Waals surface area contributed by atoms with Crippen molar-refractivity contribution in [2.45, 2.75) is 19.1 Å². The predicted molar refractivity (Wildman–Crippen MR) is 94.5 cm³/mol. The highest BCUT2D eigenvalue weighted by atomic mass is 79.9. The number of nitrogens with one attached hydrogen (secondary N) is 2. The van der Waals surface area contributed by atoms with Crippen LogP contribution in [-0.4, -0.2) is 35.7 Å². The summed E-state index contributed by atoms with van der Waals surface area (Å²) in [7, 11) is 0. The van der Waals surface area contributed by atoms with Gasteiger partial charge in [0.2, 0.25) is 0 Å². The third kappa shape index (κ3) is 4.42. The Balaban J connectivity index is 1.70. The summed E-state index contributed by atoms with van der Waals surface area (Å²) in [5.41, 5.74) is -1.000. The number of nitrogens with zero attached hydrogens (tertiary/aromatic N) is 6. The van der Waals surface area contributed by atoms with E-state index in [1.807, 2.05) is 0 Å². The Kier molecular flexibility index (Phi) is 5.53. The van der Waals surface area contributed by atoms with Crippen molar-refractivity contribution >= 4 is 27.6 Å². The number of halogens is 4. The molecule has 2 amide bonds. The summed E-state index contributed by atoms with van der Waals surface area (Å²) in [6.45, 7) is 1.66. The van der Waals surface area contributed by atoms with Crippen LogP contribution in [0.2, 0.25) is 0 Å². The highest BCUT2D eigenvalue weighted by Gasteiger charge is 2.33. The molecule has 28 heavy (non-hydrogen) atoms. The summed E-state index contributed by atoms with van der Waals surface area (Å²) in [6.07, 6.45) is 0.693. The number of rotatable bonds is 4. The number of carbonyl (C=O) groups excluding carboxylic acids is 1. The standard InChI is InChI=1S/C15H12BrF3N8O/c1-8(12-23-7-24-27(12)13-20-3-2-4-21-13)25-14(28)26-10-6-22-11(5-9(10)16)15(17,18)19/h2-8H,1H3,(H2,25,26,28). The quantitative estimate of drug-likeness (QED) is 0.623. The molecule has 0 aliphatic heterocycles. The first-order chi connectivity index (χ1) is 13.3. The fourth-order valence-electron chi connectivity index (χ4n) is 2.20. The van der Waals surface area contributed by atoms with E-state index in [0.717, 1.165) is 12.3 Å². The van der Waals surface area contributed by atoms with Crippen molar-refractivity contribution in [1.29, 1.82) is 0 Å². The van der Waals surface area contributed by atoms with E-state index in [2.05, 4.69) is 51.6 Å². The van der Waals surface area contributed by atoms with Crippen LogP contribution in [0.3, 0.4) is 0 Å². The van der Waals surface area contributed by atoms with Crippen molar-refractivity contribution in [2.24, 2.45) is 0 Å². The second kappa shape index (κ2) is 7.88. The molecule has 3 heterocycles. The van der Waals surface area contributed by atoms with E-state index >= 15 is 0 Å². The lowest BCUT2D eigenvalue weighted by atomic mass is 10.3. The highest BCUT2D eigenvalue weighted by Crippen LogP contribution is 2.32. The van der Waals surface area contributed by atoms with E-state index in [1.165, 1.54) is 23.4 Å². The molecule has 3 rings (SSSR count). The molecule has 0 aliphatic carbocycles. The zero-order valence-corrected chi connectivity index (χ0v) is 15.7. The van der Waals surface area contributed by atoms with Crippen LogP contribution in [-0.2, 0) is 6.18 Å². The van der Waals surface area contributed by atoms with Gasteiger partial charge in [0, 0.05) is 16.9 Å². The molecule has 146 valence electrons. The van der Waals surface area contributed by atoms with Gasteiger partial charge in [0.15, 0.2) is 5.82 Å². The predicted octanol–water partition coefficient (Wildman–Crippen LogP) is 3.12. The van der Waals surface area contributed by atoms with Crippen molar-refractivity contribution in [3.63, 3.8) is 0 Å². The van der Waals surface area contributed by atoms with Crippen molar-refractivity contribution in [3.05, 3.63) is 53.0 Å². The van der Waals surface area contributed by atoms with Gasteiger partial charge in [-0.3, -0.25) is 0 Å². The summed E-state index contributed by atoms with van der Waals surface area (Å²) >= 11 is 2.99. The average Bonchev–Trinajstić information content (AvgIpc) is 3.13. The molecule has 0 fully saturated rings. The first-order valence-corrected chi connectivity index (χ1v) is 8.52. The molecular weight excluding hydrogens is 445 g/mol. The maximum Gasteiger partial charge on any atom is 0.433 e. The van der Waals surface area contributed by atoms with Gasteiger partial charge in [0.05, 0.1) is 17.9 Å². The monoisotopic (exact) mass is 456 g/mol. The molecule has 1 unspecified atom stereocenters. The SMILES string of the molecule is CC(NC(=O)Nc1cnc(C(F)(F)F)cc1Br)c1ncnn1-c1ncccn1. The van der Waals surface area contributed by atoms with Crippen LogP contribution >= 0.6 is 15.9 Å². The van der Waals surface area contributed by atoms with Crippen LogP contribution in [0.4, 0.5) is 23.7 Å². The van der Waals surface area contributed by atoms with Gasteiger partial charge in [0.25, 0.3) is 5.95 Å². The fraction of sp³-hybridized carbons (Fsp3) is 0.200. The smallest absolute Gasteiger partial charge is 0.328 e. The highest BCUT2D eigenvalue weighted by molar-refractivity contribution is 9.10. The molecule has 2 N–H and O–H groups in total. The van der Waals surface area contributed by atoms with Gasteiger partial charge in [-0.1, -0.05) is 0 Å². The summed E-state index contributed by atoms with van der Waals surface area (Å²) in [6, 6.07) is 1.15. The summed E-state index contributed by atoms with van der Waals surface area (Å²) in [4.78, 5) is 27.7. The van der Waals surface area contributed by atoms with E-state index in [-0.39, 0.29) is 16.1 Å². The molecule has 0 saturated heterocycles. The van der Waals surface area contributed by atoms with Crippen molar-refractivity contribution in [3.8, 4) is 5.95 Å². The van der Waals surface area contributed by atoms with Crippen LogP contribution in [0, 0.1) is 0 Å². The molecular formula is C15H12BrF3N8O. The number of alkyl halides is 3. The largest absolute Gasteiger partial charge is 0.433 e. The lowest BCUT2D eigenvalue weighted by Gasteiger charge is -2.15. The first kappa shape index (κ1) is 19.7. The number of carbonyl (C=O) groups is 1. The van der Waals surface area contributed by atoms with Crippen molar-refractivity contribution in [2.75, 3.05) is 5.32 Å². The molecule has 13 heteroatoms. The molecule has 0 aliphatic rings. The van der Waals surface area contributed by atoms with E-state index in [4.69, 9.17) is 0 Å². The molecule has 0 spiro atoms. The topological polar surface area (TPSA) is 111 Å². The Hall–Kier alpha value is -3.09. The Labute approximate surface area is 164 Å². The lowest BCUT2D eigenvalue weighted by molar-refractivity contribution is -0.141. The van der Waals surface area contributed by atoms with Crippen molar-refractivity contribution < 1.29 is 18.0 Å². The van der Waals surface area contributed by atoms with Gasteiger partial charge < -0.3 is 10.6 Å². The van der Waals surface area contributed by atoms with Crippen LogP contribution in [0.15, 0.2) is 41.5 Å². The molecule has 1 atom stereocenters. The normalized spacial score (nSPS) is 12.5. The van der Waals surface area contributed by atoms with Gasteiger partial charge in [-0.05, 0) is 35.0 Å². The van der Waals surface area contributed by atoms with Gasteiger partial charge in [-0.2, -0.15) is 23.0 Å². The van der Waals surface area contributed by atoms with Crippen LogP contribution < -0.4 is 10.6 Å². The number of urea groups is 1. The van der Waals surface area contributed by atoms with Gasteiger partial charge in [-0.15, -0.1) is 0 Å². The van der Waals surface area contributed by atoms with E-state index in [1.54, 1.807) is 13.0 Å². The Morgan fingerprint density at radius 1 is 1.21 bits per heavy atom. The number of hydrogen-bond donors (Lipinski definition) is 2. The Morgan fingerprint density at radius 3 is 2.57 bits per heavy atom. The third-order valence-corrected chi connectivity index (χ3v) is 4.10. The van der Waals surface area contributed by atoms with E-state index in [0.29, 0.717) is 5.82 Å². The van der Waals surface area contributed by atoms with Gasteiger partial charge in [-0.25, -0.2) is 24.7 Å². The van der Waals surface area contributed by atoms with Crippen LogP contribution in [0.1, 0.15) is 24.5 Å². The van der Waals surface area contributed by atoms with Crippen LogP contribution in [0.5, 0.6) is 0 Å². The number of pyridine rings is 1. The van der Waals surface area contributed by atoms with Crippen molar-refractivity contribution in [1.82, 2.24) is 35.0 Å². The minimum atomic E-state index is -4.58. The Morgan fingerprint density at radius 2 is 1.93 bits per heavy atom. The van der Waals surface area contributed by atoms with E-state index in [9.17, 15) is 18.0 Å². The fourth-order valence-corrected chi connectivity index (χ4v) is 2.62. The summed E-state index contributed by atoms with van der Waals surface area (Å²) in [5.74, 6) is 0.643. The minimum absolute atomic E-state index is 0.0403. The third-order valence-electron chi connectivity index (χ3n) is 3.44. The molecule has 0 saturated carbocycles. The zero-order valence-electron chi connectivity index (χ0n) is 14.1. The molecule has 0 bridgehead atoms. The molecule has 3 aromatic heterocycles. The number of amides is 2. The molecule has 9 nitrogen and oxygen atoms in total. The molecule has 0 aromatic carbocycles. The van der Waals surface area contributed by atoms with E-state index < -0.39 is 23.9 Å². The van der Waals surface area contributed by atoms with Crippen LogP contribution in [0.25, 0.3) is 5.95 Å². The summed E-state index contributed by atoms with van der Waals surface area (Å²) in [5, 5.41) is 9.07. The average molecular weight is 457 g/mol. The summed E-state index contributed by atoms with van der Waals surface area (Å²) < 4.78 is 39.4. The minimum Gasteiger partial charge on any atom is -0.328 e. The number of hydrogen-bond acceptors (Lipinski definition) is 6. The molecule has 0 radical (unpaired) electrons. The second-order valence-electron chi connectivity index (χ2n) is 5.45. The van der Waals surface area contributed by atoms with Gasteiger partial charge >= 0.3 is 12.2 Å². The first-order valence-electron chi connectivity index (χ1n) is 7.73. The second-order valence-corrected chi connectivity index (χ2v) is 6.30. The molecule has 3 aromatic rings. The Bertz CT molecular complexity index is 979. The maximum absolute atomic E-state index is 12.7. The maximum atomic E-state index is 12.7.